The molecule has 0 spiro atoms. The number of likely N-dealkylation sites (tertiary alicyclic amines) is 2. The molecule has 1 aromatic rings. The highest BCUT2D eigenvalue weighted by Crippen LogP contribution is 2.50. The summed E-state index contributed by atoms with van der Waals surface area (Å²) in [6.07, 6.45) is 9.71. The number of hydrogen-bond donors (Lipinski definition) is 0. The largest absolute Gasteiger partial charge is 0.341 e. The van der Waals surface area contributed by atoms with Crippen LogP contribution in [0, 0.1) is 23.7 Å². The number of carbonyl (C=O) groups is 3. The molecule has 0 unspecified atom stereocenters. The molecule has 3 aliphatic carbocycles. The molecule has 2 aliphatic heterocycles. The van der Waals surface area contributed by atoms with Gasteiger partial charge in [0.1, 0.15) is 6.04 Å². The first-order chi connectivity index (χ1) is 14.1. The average molecular weight is 392 g/mol. The first-order valence-electron chi connectivity index (χ1n) is 11.0. The number of piperidine rings is 1. The van der Waals surface area contributed by atoms with E-state index in [4.69, 9.17) is 0 Å². The molecule has 0 aromatic heterocycles. The van der Waals surface area contributed by atoms with Crippen LogP contribution in [-0.2, 0) is 20.8 Å². The van der Waals surface area contributed by atoms with Crippen molar-refractivity contribution < 1.29 is 14.4 Å². The molecule has 3 amide bonds. The van der Waals surface area contributed by atoms with Crippen LogP contribution < -0.4 is 0 Å². The third-order valence-electron chi connectivity index (χ3n) is 7.33. The fraction of sp³-hybridized carbons (Fsp3) is 0.542. The van der Waals surface area contributed by atoms with Crippen molar-refractivity contribution in [1.82, 2.24) is 9.80 Å². The number of fused-ring (bicyclic) bond motifs is 1. The summed E-state index contributed by atoms with van der Waals surface area (Å²) in [5, 5.41) is 0. The van der Waals surface area contributed by atoms with Gasteiger partial charge in [0.2, 0.25) is 17.7 Å². The van der Waals surface area contributed by atoms with Gasteiger partial charge in [-0.15, -0.1) is 0 Å². The molecule has 5 nitrogen and oxygen atoms in total. The smallest absolute Gasteiger partial charge is 0.246 e. The number of rotatable bonds is 4. The minimum Gasteiger partial charge on any atom is -0.341 e. The lowest BCUT2D eigenvalue weighted by Crippen LogP contribution is -2.53. The van der Waals surface area contributed by atoms with Crippen molar-refractivity contribution in [2.24, 2.45) is 23.7 Å². The Balaban J connectivity index is 1.48. The molecule has 1 aromatic carbocycles. The molecule has 6 rings (SSSR count). The van der Waals surface area contributed by atoms with Crippen molar-refractivity contribution in [1.29, 1.82) is 0 Å². The summed E-state index contributed by atoms with van der Waals surface area (Å²) >= 11 is 0. The van der Waals surface area contributed by atoms with Crippen molar-refractivity contribution in [2.45, 2.75) is 44.6 Å². The molecule has 29 heavy (non-hydrogen) atoms. The lowest BCUT2D eigenvalue weighted by atomic mass is 9.63. The molecule has 2 saturated heterocycles. The molecule has 2 bridgehead atoms. The predicted octanol–water partition coefficient (Wildman–Crippen LogP) is 2.81. The topological polar surface area (TPSA) is 57.7 Å². The van der Waals surface area contributed by atoms with E-state index in [0.29, 0.717) is 6.42 Å². The maximum absolute atomic E-state index is 13.5. The third-order valence-corrected chi connectivity index (χ3v) is 7.33. The van der Waals surface area contributed by atoms with Crippen LogP contribution in [0.25, 0.3) is 0 Å². The lowest BCUT2D eigenvalue weighted by Gasteiger charge is -2.38. The van der Waals surface area contributed by atoms with Crippen molar-refractivity contribution in [3.8, 4) is 0 Å². The van der Waals surface area contributed by atoms with Gasteiger partial charge in [0.05, 0.1) is 11.8 Å². The summed E-state index contributed by atoms with van der Waals surface area (Å²) in [5.74, 6) is -0.537. The molecular formula is C24H28N2O3. The van der Waals surface area contributed by atoms with E-state index in [1.54, 1.807) is 0 Å². The molecule has 1 saturated carbocycles. The van der Waals surface area contributed by atoms with E-state index >= 15 is 0 Å². The number of amides is 3. The fourth-order valence-electron chi connectivity index (χ4n) is 5.86. The molecule has 0 radical (unpaired) electrons. The van der Waals surface area contributed by atoms with Crippen molar-refractivity contribution in [3.05, 3.63) is 48.0 Å². The second-order valence-corrected chi connectivity index (χ2v) is 8.98. The van der Waals surface area contributed by atoms with E-state index in [1.807, 2.05) is 35.2 Å². The predicted molar refractivity (Wildman–Crippen MR) is 109 cm³/mol. The van der Waals surface area contributed by atoms with E-state index in [1.165, 1.54) is 4.90 Å². The Morgan fingerprint density at radius 1 is 0.897 bits per heavy atom. The van der Waals surface area contributed by atoms with Gasteiger partial charge in [-0.3, -0.25) is 19.3 Å². The second-order valence-electron chi connectivity index (χ2n) is 8.98. The minimum atomic E-state index is -0.722. The zero-order chi connectivity index (χ0) is 20.0. The van der Waals surface area contributed by atoms with E-state index in [2.05, 4.69) is 12.2 Å². The van der Waals surface area contributed by atoms with Crippen LogP contribution in [0.15, 0.2) is 42.5 Å². The Hall–Kier alpha value is -2.43. The van der Waals surface area contributed by atoms with Crippen LogP contribution in [0.4, 0.5) is 0 Å². The Labute approximate surface area is 171 Å². The number of benzene rings is 1. The van der Waals surface area contributed by atoms with Gasteiger partial charge in [0.15, 0.2) is 0 Å². The molecule has 152 valence electrons. The second kappa shape index (κ2) is 7.43. The Morgan fingerprint density at radius 2 is 1.48 bits per heavy atom. The average Bonchev–Trinajstić information content (AvgIpc) is 3.06. The van der Waals surface area contributed by atoms with Crippen LogP contribution in [0.5, 0.6) is 0 Å². The molecule has 3 fully saturated rings. The number of imide groups is 1. The van der Waals surface area contributed by atoms with Gasteiger partial charge in [-0.1, -0.05) is 42.5 Å². The Bertz CT molecular complexity index is 811. The zero-order valence-electron chi connectivity index (χ0n) is 16.7. The van der Waals surface area contributed by atoms with Crippen LogP contribution in [0.3, 0.4) is 0 Å². The monoisotopic (exact) mass is 392 g/mol. The van der Waals surface area contributed by atoms with Gasteiger partial charge in [0.25, 0.3) is 0 Å². The minimum absolute atomic E-state index is 0.0609. The molecule has 5 atom stereocenters. The van der Waals surface area contributed by atoms with E-state index in [0.717, 1.165) is 50.8 Å². The molecule has 2 heterocycles. The Kier molecular flexibility index (Phi) is 4.76. The first kappa shape index (κ1) is 18.6. The normalized spacial score (nSPS) is 31.9. The van der Waals surface area contributed by atoms with Gasteiger partial charge >= 0.3 is 0 Å². The highest BCUT2D eigenvalue weighted by molar-refractivity contribution is 6.09. The fourth-order valence-corrected chi connectivity index (χ4v) is 5.86. The molecule has 5 aliphatic rings. The molecular weight excluding hydrogens is 364 g/mol. The van der Waals surface area contributed by atoms with Gasteiger partial charge in [0, 0.05) is 19.5 Å². The van der Waals surface area contributed by atoms with Gasteiger partial charge in [-0.2, -0.15) is 0 Å². The summed E-state index contributed by atoms with van der Waals surface area (Å²) in [6, 6.07) is 9.04. The number of nitrogens with zero attached hydrogens (tertiary/aromatic N) is 2. The van der Waals surface area contributed by atoms with E-state index in [9.17, 15) is 14.4 Å². The summed E-state index contributed by atoms with van der Waals surface area (Å²) in [4.78, 5) is 43.7. The summed E-state index contributed by atoms with van der Waals surface area (Å²) in [5.41, 5.74) is 0.986. The first-order valence-corrected chi connectivity index (χ1v) is 11.0. The Morgan fingerprint density at radius 3 is 2.03 bits per heavy atom. The van der Waals surface area contributed by atoms with Gasteiger partial charge in [-0.25, -0.2) is 0 Å². The SMILES string of the molecule is O=C([C@H](Cc1ccccc1)N1C(=O)[C@@H]2[C@@H](C1=O)[C@H]1C=C[C@H]2CC1)N1CCCCC1. The van der Waals surface area contributed by atoms with E-state index in [-0.39, 0.29) is 41.4 Å². The van der Waals surface area contributed by atoms with Gasteiger partial charge < -0.3 is 4.90 Å². The van der Waals surface area contributed by atoms with Gasteiger partial charge in [-0.05, 0) is 49.5 Å². The third kappa shape index (κ3) is 3.11. The molecule has 0 N–H and O–H groups in total. The summed E-state index contributed by atoms with van der Waals surface area (Å²) in [7, 11) is 0. The van der Waals surface area contributed by atoms with Crippen LogP contribution >= 0.6 is 0 Å². The maximum Gasteiger partial charge on any atom is 0.246 e. The van der Waals surface area contributed by atoms with Crippen molar-refractivity contribution in [2.75, 3.05) is 13.1 Å². The molecule has 5 heteroatoms. The van der Waals surface area contributed by atoms with Crippen LogP contribution in [0.1, 0.15) is 37.7 Å². The number of carbonyl (C=O) groups excluding carboxylic acids is 3. The zero-order valence-corrected chi connectivity index (χ0v) is 16.7. The summed E-state index contributed by atoms with van der Waals surface area (Å²) in [6.45, 7) is 1.44. The highest BCUT2D eigenvalue weighted by atomic mass is 16.2. The standard InChI is InChI=1S/C24H28N2O3/c27-22(25-13-5-2-6-14-25)19(15-16-7-3-1-4-8-16)26-23(28)20-17-9-10-18(12-11-17)21(20)24(26)29/h1,3-4,7-10,17-21H,2,5-6,11-15H2/t17-,18-,19-,20-,21-/m0/s1. The van der Waals surface area contributed by atoms with Crippen LogP contribution in [0.2, 0.25) is 0 Å². The highest BCUT2D eigenvalue weighted by Gasteiger charge is 2.58. The van der Waals surface area contributed by atoms with E-state index < -0.39 is 6.04 Å². The summed E-state index contributed by atoms with van der Waals surface area (Å²) < 4.78 is 0. The lowest BCUT2D eigenvalue weighted by molar-refractivity contribution is -0.152. The maximum atomic E-state index is 13.5. The van der Waals surface area contributed by atoms with Crippen molar-refractivity contribution in [3.63, 3.8) is 0 Å². The van der Waals surface area contributed by atoms with Crippen LogP contribution in [-0.4, -0.2) is 46.7 Å². The number of hydrogen-bond acceptors (Lipinski definition) is 3. The quantitative estimate of drug-likeness (QED) is 0.585. The number of allylic oxidation sites excluding steroid dienone is 2. The van der Waals surface area contributed by atoms with Crippen molar-refractivity contribution >= 4 is 17.7 Å².